The number of ether oxygens (including phenoxy) is 1. The van der Waals surface area contributed by atoms with E-state index in [9.17, 15) is 4.79 Å². The average molecular weight is 263 g/mol. The summed E-state index contributed by atoms with van der Waals surface area (Å²) in [6.45, 7) is 0.347. The number of hydrogen-bond donors (Lipinski definition) is 0. The quantitative estimate of drug-likeness (QED) is 0.675. The van der Waals surface area contributed by atoms with Crippen molar-refractivity contribution in [3.8, 4) is 5.75 Å². The fourth-order valence-electron chi connectivity index (χ4n) is 2.16. The second-order valence-corrected chi connectivity index (χ2v) is 4.43. The van der Waals surface area contributed by atoms with Crippen LogP contribution in [0.4, 0.5) is 0 Å². The van der Waals surface area contributed by atoms with Crippen molar-refractivity contribution in [3.63, 3.8) is 0 Å². The summed E-state index contributed by atoms with van der Waals surface area (Å²) in [5, 5.41) is 1.93. The van der Waals surface area contributed by atoms with Crippen molar-refractivity contribution in [2.75, 3.05) is 0 Å². The molecule has 0 N–H and O–H groups in total. The van der Waals surface area contributed by atoms with Gasteiger partial charge in [0.15, 0.2) is 6.29 Å². The van der Waals surface area contributed by atoms with E-state index in [1.54, 1.807) is 6.20 Å². The Bertz CT molecular complexity index is 738. The van der Waals surface area contributed by atoms with E-state index in [4.69, 9.17) is 4.74 Å². The number of aldehydes is 1. The zero-order chi connectivity index (χ0) is 13.8. The topological polar surface area (TPSA) is 39.2 Å². The summed E-state index contributed by atoms with van der Waals surface area (Å²) in [5.74, 6) is 0.587. The Hall–Kier alpha value is -2.68. The second-order valence-electron chi connectivity index (χ2n) is 4.43. The van der Waals surface area contributed by atoms with Gasteiger partial charge in [-0.05, 0) is 29.0 Å². The van der Waals surface area contributed by atoms with Crippen LogP contribution in [-0.4, -0.2) is 11.3 Å². The number of pyridine rings is 1. The highest BCUT2D eigenvalue weighted by Crippen LogP contribution is 2.27. The van der Waals surface area contributed by atoms with Crippen LogP contribution in [0.25, 0.3) is 10.8 Å². The van der Waals surface area contributed by atoms with Gasteiger partial charge in [0.25, 0.3) is 0 Å². The van der Waals surface area contributed by atoms with Crippen molar-refractivity contribution in [2.45, 2.75) is 6.61 Å². The third kappa shape index (κ3) is 2.38. The Morgan fingerprint density at radius 2 is 1.85 bits per heavy atom. The van der Waals surface area contributed by atoms with Crippen molar-refractivity contribution in [3.05, 3.63) is 72.1 Å². The van der Waals surface area contributed by atoms with Crippen LogP contribution in [0.3, 0.4) is 0 Å². The predicted molar refractivity (Wildman–Crippen MR) is 77.9 cm³/mol. The molecule has 98 valence electrons. The summed E-state index contributed by atoms with van der Waals surface area (Å²) < 4.78 is 5.73. The Morgan fingerprint density at radius 3 is 2.65 bits per heavy atom. The molecule has 0 fully saturated rings. The van der Waals surface area contributed by atoms with Gasteiger partial charge in [0.05, 0.1) is 11.3 Å². The third-order valence-corrected chi connectivity index (χ3v) is 3.15. The first kappa shape index (κ1) is 12.4. The Balaban J connectivity index is 1.93. The van der Waals surface area contributed by atoms with Crippen molar-refractivity contribution in [2.24, 2.45) is 0 Å². The summed E-state index contributed by atoms with van der Waals surface area (Å²) >= 11 is 0. The molecular formula is C17H13NO2. The molecule has 3 nitrogen and oxygen atoms in total. The molecule has 0 aliphatic heterocycles. The minimum absolute atomic E-state index is 0.347. The molecule has 1 aromatic heterocycles. The third-order valence-electron chi connectivity index (χ3n) is 3.15. The number of rotatable bonds is 4. The lowest BCUT2D eigenvalue weighted by atomic mass is 10.0. The lowest BCUT2D eigenvalue weighted by molar-refractivity contribution is 0.112. The fourth-order valence-corrected chi connectivity index (χ4v) is 2.16. The number of nitrogens with zero attached hydrogens (tertiary/aromatic N) is 1. The van der Waals surface area contributed by atoms with E-state index in [1.807, 2.05) is 54.6 Å². The van der Waals surface area contributed by atoms with Gasteiger partial charge in [-0.25, -0.2) is 0 Å². The van der Waals surface area contributed by atoms with Crippen LogP contribution in [0.1, 0.15) is 16.1 Å². The van der Waals surface area contributed by atoms with Crippen LogP contribution in [-0.2, 0) is 6.61 Å². The van der Waals surface area contributed by atoms with Crippen LogP contribution in [0.15, 0.2) is 60.8 Å². The van der Waals surface area contributed by atoms with Crippen molar-refractivity contribution < 1.29 is 9.53 Å². The molecular weight excluding hydrogens is 250 g/mol. The van der Waals surface area contributed by atoms with E-state index in [0.717, 1.165) is 22.8 Å². The van der Waals surface area contributed by atoms with E-state index < -0.39 is 0 Å². The van der Waals surface area contributed by atoms with Crippen LogP contribution in [0, 0.1) is 0 Å². The SMILES string of the molecule is O=Cc1c(OCc2ccccn2)ccc2ccccc12. The monoisotopic (exact) mass is 263 g/mol. The molecule has 0 unspecified atom stereocenters. The van der Waals surface area contributed by atoms with Crippen LogP contribution >= 0.6 is 0 Å². The van der Waals surface area contributed by atoms with E-state index in [2.05, 4.69) is 4.98 Å². The number of benzene rings is 2. The predicted octanol–water partition coefficient (Wildman–Crippen LogP) is 3.63. The molecule has 3 aromatic rings. The molecule has 0 aliphatic rings. The largest absolute Gasteiger partial charge is 0.487 e. The molecule has 0 amide bonds. The maximum Gasteiger partial charge on any atom is 0.154 e. The second kappa shape index (κ2) is 5.53. The number of carbonyl (C=O) groups is 1. The number of carbonyl (C=O) groups excluding carboxylic acids is 1. The summed E-state index contributed by atoms with van der Waals surface area (Å²) in [6, 6.07) is 17.2. The first-order chi connectivity index (χ1) is 9.88. The Morgan fingerprint density at radius 1 is 1.00 bits per heavy atom. The molecule has 0 bridgehead atoms. The molecule has 0 saturated heterocycles. The molecule has 2 aromatic carbocycles. The van der Waals surface area contributed by atoms with Gasteiger partial charge >= 0.3 is 0 Å². The number of aromatic nitrogens is 1. The fraction of sp³-hybridized carbons (Fsp3) is 0.0588. The minimum atomic E-state index is 0.347. The minimum Gasteiger partial charge on any atom is -0.487 e. The molecule has 20 heavy (non-hydrogen) atoms. The zero-order valence-corrected chi connectivity index (χ0v) is 10.8. The highest BCUT2D eigenvalue weighted by atomic mass is 16.5. The van der Waals surface area contributed by atoms with Crippen LogP contribution in [0.2, 0.25) is 0 Å². The van der Waals surface area contributed by atoms with Gasteiger partial charge in [0, 0.05) is 6.20 Å². The van der Waals surface area contributed by atoms with Crippen LogP contribution in [0.5, 0.6) is 5.75 Å². The van der Waals surface area contributed by atoms with Crippen molar-refractivity contribution in [1.29, 1.82) is 0 Å². The molecule has 1 heterocycles. The van der Waals surface area contributed by atoms with Gasteiger partial charge in [0.2, 0.25) is 0 Å². The standard InChI is InChI=1S/C17H13NO2/c19-11-16-15-7-2-1-5-13(15)8-9-17(16)20-12-14-6-3-4-10-18-14/h1-11H,12H2. The molecule has 0 spiro atoms. The Kier molecular flexibility index (Phi) is 3.42. The molecule has 3 rings (SSSR count). The van der Waals surface area contributed by atoms with E-state index in [1.165, 1.54) is 0 Å². The number of fused-ring (bicyclic) bond motifs is 1. The van der Waals surface area contributed by atoms with Crippen LogP contribution < -0.4 is 4.74 Å². The maximum absolute atomic E-state index is 11.4. The maximum atomic E-state index is 11.4. The highest BCUT2D eigenvalue weighted by molar-refractivity contribution is 6.00. The van der Waals surface area contributed by atoms with Crippen molar-refractivity contribution >= 4 is 17.1 Å². The molecule has 0 atom stereocenters. The van der Waals surface area contributed by atoms with Crippen molar-refractivity contribution in [1.82, 2.24) is 4.98 Å². The van der Waals surface area contributed by atoms with E-state index in [0.29, 0.717) is 17.9 Å². The van der Waals surface area contributed by atoms with Gasteiger partial charge < -0.3 is 4.74 Å². The zero-order valence-electron chi connectivity index (χ0n) is 10.8. The molecule has 0 radical (unpaired) electrons. The van der Waals surface area contributed by atoms with Gasteiger partial charge in [0.1, 0.15) is 12.4 Å². The lowest BCUT2D eigenvalue weighted by Gasteiger charge is -2.10. The highest BCUT2D eigenvalue weighted by Gasteiger charge is 2.08. The summed E-state index contributed by atoms with van der Waals surface area (Å²) in [4.78, 5) is 15.6. The molecule has 0 saturated carbocycles. The van der Waals surface area contributed by atoms with Gasteiger partial charge in [-0.1, -0.05) is 36.4 Å². The van der Waals surface area contributed by atoms with Gasteiger partial charge in [-0.15, -0.1) is 0 Å². The number of hydrogen-bond acceptors (Lipinski definition) is 3. The normalized spacial score (nSPS) is 10.4. The summed E-state index contributed by atoms with van der Waals surface area (Å²) in [6.07, 6.45) is 2.57. The molecule has 0 aliphatic carbocycles. The summed E-state index contributed by atoms with van der Waals surface area (Å²) in [7, 11) is 0. The van der Waals surface area contributed by atoms with Gasteiger partial charge in [-0.2, -0.15) is 0 Å². The van der Waals surface area contributed by atoms with E-state index in [-0.39, 0.29) is 0 Å². The summed E-state index contributed by atoms with van der Waals surface area (Å²) in [5.41, 5.74) is 1.41. The smallest absolute Gasteiger partial charge is 0.154 e. The van der Waals surface area contributed by atoms with E-state index >= 15 is 0 Å². The molecule has 3 heteroatoms. The first-order valence-electron chi connectivity index (χ1n) is 6.38. The first-order valence-corrected chi connectivity index (χ1v) is 6.38. The lowest BCUT2D eigenvalue weighted by Crippen LogP contribution is -2.00. The van der Waals surface area contributed by atoms with Gasteiger partial charge in [-0.3, -0.25) is 9.78 Å². The average Bonchev–Trinajstić information content (AvgIpc) is 2.53. The Labute approximate surface area is 116 Å².